The molecule has 5 heteroatoms. The lowest BCUT2D eigenvalue weighted by Gasteiger charge is -2.27. The van der Waals surface area contributed by atoms with Gasteiger partial charge in [-0.25, -0.2) is 9.18 Å². The van der Waals surface area contributed by atoms with E-state index in [2.05, 4.69) is 15.6 Å². The van der Waals surface area contributed by atoms with E-state index in [0.717, 1.165) is 11.1 Å². The summed E-state index contributed by atoms with van der Waals surface area (Å²) >= 11 is 0. The van der Waals surface area contributed by atoms with Crippen LogP contribution in [0.2, 0.25) is 0 Å². The lowest BCUT2D eigenvalue weighted by atomic mass is 9.94. The third kappa shape index (κ3) is 4.27. The van der Waals surface area contributed by atoms with Crippen LogP contribution >= 0.6 is 0 Å². The Labute approximate surface area is 123 Å². The van der Waals surface area contributed by atoms with Gasteiger partial charge in [-0.15, -0.1) is 0 Å². The molecule has 0 radical (unpaired) electrons. The number of urea groups is 1. The zero-order valence-electron chi connectivity index (χ0n) is 12.1. The van der Waals surface area contributed by atoms with Crippen LogP contribution in [0, 0.1) is 5.82 Å². The zero-order valence-corrected chi connectivity index (χ0v) is 12.1. The predicted octanol–water partition coefficient (Wildman–Crippen LogP) is 2.96. The fourth-order valence-electron chi connectivity index (χ4n) is 1.95. The SMILES string of the molecule is CC(C)(NC(=O)NCc1ccncc1)c1ccc(F)cc1. The zero-order chi connectivity index (χ0) is 15.3. The number of amides is 2. The minimum atomic E-state index is -0.587. The summed E-state index contributed by atoms with van der Waals surface area (Å²) in [6.07, 6.45) is 3.36. The molecule has 1 aromatic heterocycles. The standard InChI is InChI=1S/C16H18FN3O/c1-16(2,13-3-5-14(17)6-4-13)20-15(21)19-11-12-7-9-18-10-8-12/h3-10H,11H2,1-2H3,(H2,19,20,21). The Morgan fingerprint density at radius 2 is 1.76 bits per heavy atom. The van der Waals surface area contributed by atoms with E-state index in [4.69, 9.17) is 0 Å². The highest BCUT2D eigenvalue weighted by Crippen LogP contribution is 2.19. The number of carbonyl (C=O) groups is 1. The van der Waals surface area contributed by atoms with Crippen molar-refractivity contribution in [2.75, 3.05) is 0 Å². The van der Waals surface area contributed by atoms with Crippen LogP contribution in [0.1, 0.15) is 25.0 Å². The van der Waals surface area contributed by atoms with E-state index in [9.17, 15) is 9.18 Å². The molecule has 0 fully saturated rings. The van der Waals surface area contributed by atoms with Gasteiger partial charge in [-0.3, -0.25) is 4.98 Å². The van der Waals surface area contributed by atoms with Gasteiger partial charge in [0.05, 0.1) is 5.54 Å². The van der Waals surface area contributed by atoms with Crippen LogP contribution in [0.25, 0.3) is 0 Å². The number of aromatic nitrogens is 1. The van der Waals surface area contributed by atoms with E-state index in [-0.39, 0.29) is 11.8 Å². The molecule has 0 atom stereocenters. The van der Waals surface area contributed by atoms with E-state index in [1.54, 1.807) is 24.5 Å². The number of carbonyl (C=O) groups excluding carboxylic acids is 1. The first-order chi connectivity index (χ1) is 9.97. The van der Waals surface area contributed by atoms with Crippen LogP contribution in [-0.4, -0.2) is 11.0 Å². The van der Waals surface area contributed by atoms with Crippen molar-refractivity contribution in [3.8, 4) is 0 Å². The Bertz CT molecular complexity index is 597. The summed E-state index contributed by atoms with van der Waals surface area (Å²) in [5.74, 6) is -0.295. The van der Waals surface area contributed by atoms with Crippen LogP contribution in [0.3, 0.4) is 0 Å². The lowest BCUT2D eigenvalue weighted by molar-refractivity contribution is 0.229. The van der Waals surface area contributed by atoms with Crippen molar-refractivity contribution < 1.29 is 9.18 Å². The van der Waals surface area contributed by atoms with Gasteiger partial charge >= 0.3 is 6.03 Å². The average molecular weight is 287 g/mol. The Kier molecular flexibility index (Phi) is 4.52. The van der Waals surface area contributed by atoms with Crippen molar-refractivity contribution in [2.24, 2.45) is 0 Å². The largest absolute Gasteiger partial charge is 0.334 e. The quantitative estimate of drug-likeness (QED) is 0.908. The highest BCUT2D eigenvalue weighted by molar-refractivity contribution is 5.75. The van der Waals surface area contributed by atoms with Crippen molar-refractivity contribution in [3.05, 3.63) is 65.7 Å². The summed E-state index contributed by atoms with van der Waals surface area (Å²) in [6.45, 7) is 4.16. The summed E-state index contributed by atoms with van der Waals surface area (Å²) in [6, 6.07) is 9.50. The molecule has 21 heavy (non-hydrogen) atoms. The van der Waals surface area contributed by atoms with Crippen molar-refractivity contribution in [3.63, 3.8) is 0 Å². The Hall–Kier alpha value is -2.43. The van der Waals surface area contributed by atoms with E-state index < -0.39 is 5.54 Å². The molecular formula is C16H18FN3O. The first-order valence-electron chi connectivity index (χ1n) is 6.68. The second-order valence-corrected chi connectivity index (χ2v) is 5.30. The summed E-state index contributed by atoms with van der Waals surface area (Å²) < 4.78 is 12.9. The van der Waals surface area contributed by atoms with Crippen molar-refractivity contribution >= 4 is 6.03 Å². The van der Waals surface area contributed by atoms with Gasteiger partial charge in [0.25, 0.3) is 0 Å². The molecule has 0 aliphatic heterocycles. The molecule has 2 N–H and O–H groups in total. The maximum absolute atomic E-state index is 12.9. The first-order valence-corrected chi connectivity index (χ1v) is 6.68. The van der Waals surface area contributed by atoms with Crippen molar-refractivity contribution in [1.29, 1.82) is 0 Å². The summed E-state index contributed by atoms with van der Waals surface area (Å²) in [7, 11) is 0. The summed E-state index contributed by atoms with van der Waals surface area (Å²) in [4.78, 5) is 15.9. The number of pyridine rings is 1. The molecule has 0 spiro atoms. The molecule has 0 bridgehead atoms. The first kappa shape index (κ1) is 15.0. The molecule has 0 aliphatic rings. The third-order valence-corrected chi connectivity index (χ3v) is 3.19. The van der Waals surface area contributed by atoms with Gasteiger partial charge < -0.3 is 10.6 Å². The van der Waals surface area contributed by atoms with Crippen LogP contribution in [-0.2, 0) is 12.1 Å². The second kappa shape index (κ2) is 6.35. The number of nitrogens with zero attached hydrogens (tertiary/aromatic N) is 1. The fourth-order valence-corrected chi connectivity index (χ4v) is 1.95. The number of benzene rings is 1. The predicted molar refractivity (Wildman–Crippen MR) is 79.0 cm³/mol. The lowest BCUT2D eigenvalue weighted by Crippen LogP contribution is -2.46. The normalized spacial score (nSPS) is 11.0. The van der Waals surface area contributed by atoms with Crippen molar-refractivity contribution in [2.45, 2.75) is 25.9 Å². The minimum Gasteiger partial charge on any atom is -0.334 e. The molecule has 110 valence electrons. The minimum absolute atomic E-state index is 0.277. The molecule has 0 unspecified atom stereocenters. The average Bonchev–Trinajstić information content (AvgIpc) is 2.46. The van der Waals surface area contributed by atoms with Gasteiger partial charge in [0.1, 0.15) is 5.82 Å². The number of hydrogen-bond acceptors (Lipinski definition) is 2. The summed E-state index contributed by atoms with van der Waals surface area (Å²) in [5.41, 5.74) is 1.22. The van der Waals surface area contributed by atoms with Gasteiger partial charge in [-0.05, 0) is 49.2 Å². The number of nitrogens with one attached hydrogen (secondary N) is 2. The maximum atomic E-state index is 12.9. The molecule has 2 rings (SSSR count). The number of rotatable bonds is 4. The van der Waals surface area contributed by atoms with E-state index in [0.29, 0.717) is 6.54 Å². The van der Waals surface area contributed by atoms with Crippen LogP contribution in [0.15, 0.2) is 48.8 Å². The second-order valence-electron chi connectivity index (χ2n) is 5.30. The molecule has 4 nitrogen and oxygen atoms in total. The Balaban J connectivity index is 1.93. The molecule has 0 aliphatic carbocycles. The molecule has 2 amide bonds. The third-order valence-electron chi connectivity index (χ3n) is 3.19. The van der Waals surface area contributed by atoms with Crippen molar-refractivity contribution in [1.82, 2.24) is 15.6 Å². The molecule has 1 aromatic carbocycles. The highest BCUT2D eigenvalue weighted by Gasteiger charge is 2.22. The number of hydrogen-bond donors (Lipinski definition) is 2. The molecule has 0 saturated carbocycles. The van der Waals surface area contributed by atoms with Gasteiger partial charge in [0, 0.05) is 18.9 Å². The highest BCUT2D eigenvalue weighted by atomic mass is 19.1. The molecular weight excluding hydrogens is 269 g/mol. The topological polar surface area (TPSA) is 54.0 Å². The van der Waals surface area contributed by atoms with Crippen LogP contribution in [0.4, 0.5) is 9.18 Å². The monoisotopic (exact) mass is 287 g/mol. The molecule has 1 heterocycles. The fraction of sp³-hybridized carbons (Fsp3) is 0.250. The van der Waals surface area contributed by atoms with E-state index in [1.807, 2.05) is 26.0 Å². The van der Waals surface area contributed by atoms with Crippen LogP contribution in [0.5, 0.6) is 0 Å². The van der Waals surface area contributed by atoms with Gasteiger partial charge in [-0.2, -0.15) is 0 Å². The van der Waals surface area contributed by atoms with Gasteiger partial charge in [0.2, 0.25) is 0 Å². The maximum Gasteiger partial charge on any atom is 0.315 e. The smallest absolute Gasteiger partial charge is 0.315 e. The van der Waals surface area contributed by atoms with Gasteiger partial charge in [-0.1, -0.05) is 12.1 Å². The molecule has 0 saturated heterocycles. The molecule has 2 aromatic rings. The van der Waals surface area contributed by atoms with E-state index >= 15 is 0 Å². The Morgan fingerprint density at radius 1 is 1.14 bits per heavy atom. The summed E-state index contributed by atoms with van der Waals surface area (Å²) in [5, 5.41) is 5.66. The number of halogens is 1. The van der Waals surface area contributed by atoms with Gasteiger partial charge in [0.15, 0.2) is 0 Å². The van der Waals surface area contributed by atoms with E-state index in [1.165, 1.54) is 12.1 Å². The Morgan fingerprint density at radius 3 is 2.38 bits per heavy atom. The van der Waals surface area contributed by atoms with Crippen LogP contribution < -0.4 is 10.6 Å².